The number of alkyl carbamates (subject to hydrolysis) is 1. The molecule has 0 radical (unpaired) electrons. The van der Waals surface area contributed by atoms with Crippen LogP contribution in [0.1, 0.15) is 32.4 Å². The number of nitro groups is 1. The first-order valence-electron chi connectivity index (χ1n) is 6.74. The van der Waals surface area contributed by atoms with Crippen LogP contribution >= 0.6 is 0 Å². The molecule has 0 saturated carbocycles. The van der Waals surface area contributed by atoms with E-state index in [1.807, 2.05) is 0 Å². The third-order valence-electron chi connectivity index (χ3n) is 2.79. The summed E-state index contributed by atoms with van der Waals surface area (Å²) in [7, 11) is 0. The first-order valence-corrected chi connectivity index (χ1v) is 6.74. The Morgan fingerprint density at radius 3 is 2.39 bits per heavy atom. The predicted octanol–water partition coefficient (Wildman–Crippen LogP) is 1.57. The minimum Gasteiger partial charge on any atom is -0.480 e. The van der Waals surface area contributed by atoms with Crippen molar-refractivity contribution in [2.45, 2.75) is 38.5 Å². The molecule has 4 N–H and O–H groups in total. The Bertz CT molecular complexity index is 611. The van der Waals surface area contributed by atoms with Crippen molar-refractivity contribution in [3.63, 3.8) is 0 Å². The summed E-state index contributed by atoms with van der Waals surface area (Å²) in [6.07, 6.45) is -0.973. The molecule has 0 aliphatic rings. The molecule has 0 aromatic heterocycles. The molecule has 2 unspecified atom stereocenters. The Hall–Kier alpha value is -2.68. The highest BCUT2D eigenvalue weighted by molar-refractivity contribution is 5.81. The zero-order chi connectivity index (χ0) is 17.8. The molecule has 1 rings (SSSR count). The smallest absolute Gasteiger partial charge is 0.408 e. The van der Waals surface area contributed by atoms with Crippen molar-refractivity contribution >= 4 is 17.7 Å². The molecule has 0 saturated heterocycles. The number of carboxylic acids is 1. The van der Waals surface area contributed by atoms with Crippen LogP contribution in [0.15, 0.2) is 24.3 Å². The highest BCUT2D eigenvalue weighted by Crippen LogP contribution is 2.25. The molecule has 0 bridgehead atoms. The van der Waals surface area contributed by atoms with Crippen molar-refractivity contribution in [2.24, 2.45) is 5.73 Å². The van der Waals surface area contributed by atoms with E-state index in [4.69, 9.17) is 10.5 Å². The number of carbonyl (C=O) groups is 2. The second-order valence-corrected chi connectivity index (χ2v) is 5.80. The van der Waals surface area contributed by atoms with Gasteiger partial charge in [-0.25, -0.2) is 9.59 Å². The summed E-state index contributed by atoms with van der Waals surface area (Å²) in [6, 6.07) is 2.59. The quantitative estimate of drug-likeness (QED) is 0.550. The molecule has 2 atom stereocenters. The van der Waals surface area contributed by atoms with Crippen LogP contribution in [0.4, 0.5) is 10.5 Å². The molecule has 9 heteroatoms. The Labute approximate surface area is 132 Å². The Balaban J connectivity index is 3.05. The molecule has 23 heavy (non-hydrogen) atoms. The van der Waals surface area contributed by atoms with Gasteiger partial charge < -0.3 is 20.9 Å². The van der Waals surface area contributed by atoms with Gasteiger partial charge in [-0.05, 0) is 20.8 Å². The SMILES string of the molecule is CC(C)(C)OC(=O)NC(C(=O)O)C(N)c1ccccc1[N+](=O)[O-]. The van der Waals surface area contributed by atoms with E-state index in [0.717, 1.165) is 0 Å². The highest BCUT2D eigenvalue weighted by Gasteiger charge is 2.33. The lowest BCUT2D eigenvalue weighted by atomic mass is 9.98. The van der Waals surface area contributed by atoms with Crippen LogP contribution in [0.5, 0.6) is 0 Å². The third kappa shape index (κ3) is 5.22. The van der Waals surface area contributed by atoms with Crippen LogP contribution in [-0.4, -0.2) is 33.7 Å². The Morgan fingerprint density at radius 1 is 1.35 bits per heavy atom. The normalized spacial score (nSPS) is 13.7. The van der Waals surface area contributed by atoms with Crippen molar-refractivity contribution in [1.82, 2.24) is 5.32 Å². The fourth-order valence-corrected chi connectivity index (χ4v) is 1.85. The number of carboxylic acid groups (broad SMARTS) is 1. The van der Waals surface area contributed by atoms with E-state index in [0.29, 0.717) is 0 Å². The van der Waals surface area contributed by atoms with Crippen molar-refractivity contribution < 1.29 is 24.4 Å². The van der Waals surface area contributed by atoms with Gasteiger partial charge in [0.25, 0.3) is 5.69 Å². The lowest BCUT2D eigenvalue weighted by Gasteiger charge is -2.24. The summed E-state index contributed by atoms with van der Waals surface area (Å²) in [5.74, 6) is -1.43. The van der Waals surface area contributed by atoms with Crippen molar-refractivity contribution in [3.05, 3.63) is 39.9 Å². The fraction of sp³-hybridized carbons (Fsp3) is 0.429. The van der Waals surface area contributed by atoms with E-state index in [-0.39, 0.29) is 11.3 Å². The van der Waals surface area contributed by atoms with Crippen molar-refractivity contribution in [1.29, 1.82) is 0 Å². The number of hydrogen-bond donors (Lipinski definition) is 3. The fourth-order valence-electron chi connectivity index (χ4n) is 1.85. The van der Waals surface area contributed by atoms with Crippen LogP contribution in [0.2, 0.25) is 0 Å². The minimum absolute atomic E-state index is 0.000888. The van der Waals surface area contributed by atoms with Gasteiger partial charge in [0, 0.05) is 11.6 Å². The Kier molecular flexibility index (Phi) is 5.63. The lowest BCUT2D eigenvalue weighted by Crippen LogP contribution is -2.49. The summed E-state index contributed by atoms with van der Waals surface area (Å²) >= 11 is 0. The maximum atomic E-state index is 11.7. The number of para-hydroxylation sites is 1. The van der Waals surface area contributed by atoms with Crippen LogP contribution in [0, 0.1) is 10.1 Å². The molecular weight excluding hydrogens is 306 g/mol. The summed E-state index contributed by atoms with van der Waals surface area (Å²) in [5.41, 5.74) is 4.69. The van der Waals surface area contributed by atoms with Gasteiger partial charge >= 0.3 is 12.1 Å². The number of hydrogen-bond acceptors (Lipinski definition) is 6. The average molecular weight is 325 g/mol. The number of rotatable bonds is 5. The second-order valence-electron chi connectivity index (χ2n) is 5.80. The molecule has 1 aromatic carbocycles. The zero-order valence-corrected chi connectivity index (χ0v) is 13.0. The molecule has 0 aliphatic carbocycles. The van der Waals surface area contributed by atoms with Crippen molar-refractivity contribution in [2.75, 3.05) is 0 Å². The van der Waals surface area contributed by atoms with Crippen molar-refractivity contribution in [3.8, 4) is 0 Å². The molecule has 1 aromatic rings. The molecule has 9 nitrogen and oxygen atoms in total. The number of nitrogens with zero attached hydrogens (tertiary/aromatic N) is 1. The number of nitrogens with two attached hydrogens (primary N) is 1. The van der Waals surface area contributed by atoms with E-state index >= 15 is 0 Å². The summed E-state index contributed by atoms with van der Waals surface area (Å²) < 4.78 is 4.98. The summed E-state index contributed by atoms with van der Waals surface area (Å²) in [4.78, 5) is 33.5. The number of amides is 1. The molecule has 0 aliphatic heterocycles. The number of nitrogens with one attached hydrogen (secondary N) is 1. The molecule has 126 valence electrons. The number of carbonyl (C=O) groups excluding carboxylic acids is 1. The molecular formula is C14H19N3O6. The average Bonchev–Trinajstić information content (AvgIpc) is 2.41. The first-order chi connectivity index (χ1) is 10.5. The van der Waals surface area contributed by atoms with Gasteiger partial charge in [0.15, 0.2) is 0 Å². The molecule has 0 heterocycles. The minimum atomic E-state index is -1.58. The van der Waals surface area contributed by atoms with E-state index < -0.39 is 34.7 Å². The Morgan fingerprint density at radius 2 is 1.91 bits per heavy atom. The topological polar surface area (TPSA) is 145 Å². The number of nitro benzene ring substituents is 1. The van der Waals surface area contributed by atoms with Gasteiger partial charge in [0.2, 0.25) is 0 Å². The van der Waals surface area contributed by atoms with Crippen LogP contribution in [-0.2, 0) is 9.53 Å². The monoisotopic (exact) mass is 325 g/mol. The van der Waals surface area contributed by atoms with Gasteiger partial charge in [-0.2, -0.15) is 0 Å². The highest BCUT2D eigenvalue weighted by atomic mass is 16.6. The van der Waals surface area contributed by atoms with E-state index in [2.05, 4.69) is 5.32 Å². The molecule has 1 amide bonds. The van der Waals surface area contributed by atoms with Gasteiger partial charge in [-0.15, -0.1) is 0 Å². The standard InChI is InChI=1S/C14H19N3O6/c1-14(2,3)23-13(20)16-11(12(18)19)10(15)8-6-4-5-7-9(8)17(21)22/h4-7,10-11H,15H2,1-3H3,(H,16,20)(H,18,19). The summed E-state index contributed by atoms with van der Waals surface area (Å²) in [5, 5.41) is 22.4. The van der Waals surface area contributed by atoms with E-state index in [9.17, 15) is 24.8 Å². The van der Waals surface area contributed by atoms with E-state index in [1.165, 1.54) is 24.3 Å². The van der Waals surface area contributed by atoms with Gasteiger partial charge in [0.1, 0.15) is 11.6 Å². The van der Waals surface area contributed by atoms with Crippen LogP contribution in [0.25, 0.3) is 0 Å². The second kappa shape index (κ2) is 7.05. The van der Waals surface area contributed by atoms with Gasteiger partial charge in [-0.1, -0.05) is 18.2 Å². The lowest BCUT2D eigenvalue weighted by molar-refractivity contribution is -0.385. The molecule has 0 spiro atoms. The maximum Gasteiger partial charge on any atom is 0.408 e. The summed E-state index contributed by atoms with van der Waals surface area (Å²) in [6.45, 7) is 4.85. The predicted molar refractivity (Wildman–Crippen MR) is 80.8 cm³/mol. The largest absolute Gasteiger partial charge is 0.480 e. The van der Waals surface area contributed by atoms with E-state index in [1.54, 1.807) is 20.8 Å². The van der Waals surface area contributed by atoms with Crippen LogP contribution in [0.3, 0.4) is 0 Å². The number of benzene rings is 1. The third-order valence-corrected chi connectivity index (χ3v) is 2.79. The zero-order valence-electron chi connectivity index (χ0n) is 13.0. The number of ether oxygens (including phenoxy) is 1. The maximum absolute atomic E-state index is 11.7. The van der Waals surface area contributed by atoms with Gasteiger partial charge in [-0.3, -0.25) is 10.1 Å². The molecule has 0 fully saturated rings. The van der Waals surface area contributed by atoms with Crippen LogP contribution < -0.4 is 11.1 Å². The van der Waals surface area contributed by atoms with Gasteiger partial charge in [0.05, 0.1) is 11.0 Å². The first kappa shape index (κ1) is 18.4. The number of aliphatic carboxylic acids is 1.